The number of hydrogen-bond donors (Lipinski definition) is 1. The van der Waals surface area contributed by atoms with Crippen LogP contribution in [0.15, 0.2) is 18.7 Å². The minimum Gasteiger partial charge on any atom is -0.356 e. The second-order valence-corrected chi connectivity index (χ2v) is 9.39. The van der Waals surface area contributed by atoms with Gasteiger partial charge in [-0.2, -0.15) is 22.5 Å². The van der Waals surface area contributed by atoms with Crippen LogP contribution in [0.2, 0.25) is 0 Å². The maximum atomic E-state index is 12.0. The molecule has 1 saturated heterocycles. The monoisotopic (exact) mass is 403 g/mol. The van der Waals surface area contributed by atoms with E-state index in [9.17, 15) is 8.42 Å². The summed E-state index contributed by atoms with van der Waals surface area (Å²) in [5.74, 6) is 0.929. The molecule has 2 aromatic rings. The summed E-state index contributed by atoms with van der Waals surface area (Å²) >= 11 is 0. The van der Waals surface area contributed by atoms with Gasteiger partial charge in [0.1, 0.15) is 12.1 Å². The molecule has 28 heavy (non-hydrogen) atoms. The fourth-order valence-electron chi connectivity index (χ4n) is 3.67. The fourth-order valence-corrected chi connectivity index (χ4v) is 4.53. The van der Waals surface area contributed by atoms with E-state index in [0.717, 1.165) is 55.0 Å². The summed E-state index contributed by atoms with van der Waals surface area (Å²) in [5.41, 5.74) is 4.38. The van der Waals surface area contributed by atoms with Crippen molar-refractivity contribution in [3.05, 3.63) is 35.5 Å². The zero-order valence-corrected chi connectivity index (χ0v) is 17.1. The van der Waals surface area contributed by atoms with E-state index >= 15 is 0 Å². The fraction of sp³-hybridized carbons (Fsp3) is 0.500. The smallest absolute Gasteiger partial charge is 0.279 e. The summed E-state index contributed by atoms with van der Waals surface area (Å²) in [6, 6.07) is -0.0555. The number of piperidine rings is 1. The number of anilines is 1. The third kappa shape index (κ3) is 3.67. The second-order valence-electron chi connectivity index (χ2n) is 7.47. The van der Waals surface area contributed by atoms with Gasteiger partial charge in [-0.3, -0.25) is 4.68 Å². The van der Waals surface area contributed by atoms with E-state index in [1.807, 2.05) is 19.4 Å². The molecular weight excluding hydrogens is 378 g/mol. The van der Waals surface area contributed by atoms with E-state index in [0.29, 0.717) is 0 Å². The standard InChI is InChI=1S/C18H25N7O2S/c1-23(2)28(26,27)22-15-4-6-25(7-5-15)18-16-8-13(9-17(16)19-12-20-18)14-10-21-24(3)11-14/h8,10-12,15,22H,4-7,9H2,1-3H3. The number of aryl methyl sites for hydroxylation is 1. The molecule has 0 radical (unpaired) electrons. The van der Waals surface area contributed by atoms with Crippen LogP contribution in [-0.2, 0) is 23.7 Å². The molecule has 1 aliphatic carbocycles. The Morgan fingerprint density at radius 1 is 1.21 bits per heavy atom. The molecule has 150 valence electrons. The van der Waals surface area contributed by atoms with Gasteiger partial charge in [0.25, 0.3) is 10.2 Å². The van der Waals surface area contributed by atoms with Gasteiger partial charge in [-0.15, -0.1) is 0 Å². The van der Waals surface area contributed by atoms with Crippen molar-refractivity contribution in [2.75, 3.05) is 32.1 Å². The van der Waals surface area contributed by atoms with Crippen LogP contribution < -0.4 is 9.62 Å². The highest BCUT2D eigenvalue weighted by Gasteiger charge is 2.28. The van der Waals surface area contributed by atoms with Crippen LogP contribution in [0.5, 0.6) is 0 Å². The van der Waals surface area contributed by atoms with Gasteiger partial charge >= 0.3 is 0 Å². The molecule has 1 N–H and O–H groups in total. The summed E-state index contributed by atoms with van der Waals surface area (Å²) < 4.78 is 29.9. The summed E-state index contributed by atoms with van der Waals surface area (Å²) in [7, 11) is 1.58. The lowest BCUT2D eigenvalue weighted by atomic mass is 10.1. The lowest BCUT2D eigenvalue weighted by molar-refractivity contribution is 0.436. The van der Waals surface area contributed by atoms with Gasteiger partial charge in [-0.1, -0.05) is 0 Å². The average molecular weight is 404 g/mol. The summed E-state index contributed by atoms with van der Waals surface area (Å²) in [4.78, 5) is 11.2. The van der Waals surface area contributed by atoms with E-state index in [1.54, 1.807) is 11.0 Å². The van der Waals surface area contributed by atoms with Crippen molar-refractivity contribution in [2.24, 2.45) is 7.05 Å². The van der Waals surface area contributed by atoms with Crippen molar-refractivity contribution in [1.29, 1.82) is 0 Å². The van der Waals surface area contributed by atoms with E-state index in [1.165, 1.54) is 24.0 Å². The average Bonchev–Trinajstić information content (AvgIpc) is 3.27. The van der Waals surface area contributed by atoms with E-state index in [4.69, 9.17) is 0 Å². The largest absolute Gasteiger partial charge is 0.356 e. The molecule has 9 nitrogen and oxygen atoms in total. The van der Waals surface area contributed by atoms with Crippen LogP contribution in [0, 0.1) is 0 Å². The molecule has 1 aliphatic heterocycles. The Kier molecular flexibility index (Phi) is 4.94. The Balaban J connectivity index is 1.49. The molecule has 2 aromatic heterocycles. The summed E-state index contributed by atoms with van der Waals surface area (Å²) in [6.45, 7) is 1.50. The van der Waals surface area contributed by atoms with Crippen molar-refractivity contribution in [3.63, 3.8) is 0 Å². The zero-order valence-electron chi connectivity index (χ0n) is 16.3. The number of aromatic nitrogens is 4. The highest BCUT2D eigenvalue weighted by Crippen LogP contribution is 2.35. The molecule has 0 saturated carbocycles. The number of fused-ring (bicyclic) bond motifs is 1. The lowest BCUT2D eigenvalue weighted by Gasteiger charge is -2.34. The van der Waals surface area contributed by atoms with E-state index in [-0.39, 0.29) is 6.04 Å². The topological polar surface area (TPSA) is 96.2 Å². The molecule has 0 spiro atoms. The van der Waals surface area contributed by atoms with Crippen molar-refractivity contribution in [2.45, 2.75) is 25.3 Å². The third-order valence-corrected chi connectivity index (χ3v) is 6.88. The Labute approximate surface area is 165 Å². The predicted octanol–water partition coefficient (Wildman–Crippen LogP) is 0.672. The predicted molar refractivity (Wildman–Crippen MR) is 108 cm³/mol. The third-order valence-electron chi connectivity index (χ3n) is 5.29. The maximum Gasteiger partial charge on any atom is 0.279 e. The number of nitrogens with zero attached hydrogens (tertiary/aromatic N) is 6. The first kappa shape index (κ1) is 19.0. The van der Waals surface area contributed by atoms with Gasteiger partial charge in [-0.25, -0.2) is 9.97 Å². The molecule has 0 aromatic carbocycles. The van der Waals surface area contributed by atoms with Gasteiger partial charge in [0.2, 0.25) is 0 Å². The lowest BCUT2D eigenvalue weighted by Crippen LogP contribution is -2.48. The van der Waals surface area contributed by atoms with Gasteiger partial charge in [0.15, 0.2) is 0 Å². The van der Waals surface area contributed by atoms with Gasteiger partial charge in [0.05, 0.1) is 11.9 Å². The van der Waals surface area contributed by atoms with Crippen molar-refractivity contribution in [3.8, 4) is 0 Å². The van der Waals surface area contributed by atoms with Crippen LogP contribution in [0.4, 0.5) is 5.82 Å². The molecule has 10 heteroatoms. The normalized spacial score (nSPS) is 17.9. The van der Waals surface area contributed by atoms with Crippen LogP contribution in [0.3, 0.4) is 0 Å². The van der Waals surface area contributed by atoms with Crippen LogP contribution in [-0.4, -0.2) is 65.7 Å². The Bertz CT molecular complexity index is 1000. The SMILES string of the molecule is CN(C)S(=O)(=O)NC1CCN(c2ncnc3c2C=C(c2cnn(C)c2)C3)CC1. The summed E-state index contributed by atoms with van der Waals surface area (Å²) in [5, 5.41) is 4.26. The molecule has 1 fully saturated rings. The highest BCUT2D eigenvalue weighted by molar-refractivity contribution is 7.87. The second kappa shape index (κ2) is 7.26. The molecule has 0 amide bonds. The number of hydrogen-bond acceptors (Lipinski definition) is 6. The summed E-state index contributed by atoms with van der Waals surface area (Å²) in [6.07, 6.45) is 9.91. The molecule has 0 unspecified atom stereocenters. The number of allylic oxidation sites excluding steroid dienone is 1. The van der Waals surface area contributed by atoms with Crippen LogP contribution in [0.1, 0.15) is 29.7 Å². The Morgan fingerprint density at radius 2 is 1.96 bits per heavy atom. The first-order valence-corrected chi connectivity index (χ1v) is 10.8. The molecule has 0 atom stereocenters. The molecular formula is C18H25N7O2S. The minimum absolute atomic E-state index is 0.0555. The van der Waals surface area contributed by atoms with Crippen molar-refractivity contribution < 1.29 is 8.42 Å². The van der Waals surface area contributed by atoms with Gasteiger partial charge in [0, 0.05) is 64.0 Å². The number of rotatable bonds is 5. The quantitative estimate of drug-likeness (QED) is 0.788. The number of nitrogens with one attached hydrogen (secondary N) is 1. The molecule has 3 heterocycles. The molecule has 0 bridgehead atoms. The zero-order chi connectivity index (χ0) is 19.9. The van der Waals surface area contributed by atoms with E-state index < -0.39 is 10.2 Å². The molecule has 2 aliphatic rings. The highest BCUT2D eigenvalue weighted by atomic mass is 32.2. The first-order chi connectivity index (χ1) is 13.3. The van der Waals surface area contributed by atoms with Crippen molar-refractivity contribution >= 4 is 27.7 Å². The van der Waals surface area contributed by atoms with E-state index in [2.05, 4.69) is 30.8 Å². The Hall–Kier alpha value is -2.30. The van der Waals surface area contributed by atoms with Crippen molar-refractivity contribution in [1.82, 2.24) is 28.8 Å². The minimum atomic E-state index is -3.40. The maximum absolute atomic E-state index is 12.0. The first-order valence-electron chi connectivity index (χ1n) is 9.31. The van der Waals surface area contributed by atoms with Crippen LogP contribution >= 0.6 is 0 Å². The molecule has 4 rings (SSSR count). The van der Waals surface area contributed by atoms with Gasteiger partial charge < -0.3 is 4.90 Å². The van der Waals surface area contributed by atoms with Gasteiger partial charge in [-0.05, 0) is 24.5 Å². The Morgan fingerprint density at radius 3 is 2.61 bits per heavy atom. The van der Waals surface area contributed by atoms with Crippen LogP contribution in [0.25, 0.3) is 11.6 Å².